The summed E-state index contributed by atoms with van der Waals surface area (Å²) in [5.41, 5.74) is 2.45. The normalized spacial score (nSPS) is 14.3. The van der Waals surface area contributed by atoms with Gasteiger partial charge >= 0.3 is 12.1 Å². The van der Waals surface area contributed by atoms with Crippen molar-refractivity contribution in [1.82, 2.24) is 15.3 Å². The minimum atomic E-state index is -5.08. The SMILES string of the molecule is O=C(O)C(F)(F)F.c1ncc2c(n1)CCNC2. The van der Waals surface area contributed by atoms with Gasteiger partial charge in [-0.1, -0.05) is 0 Å². The molecule has 17 heavy (non-hydrogen) atoms. The minimum Gasteiger partial charge on any atom is -0.475 e. The Morgan fingerprint density at radius 3 is 2.65 bits per heavy atom. The zero-order chi connectivity index (χ0) is 12.9. The zero-order valence-electron chi connectivity index (χ0n) is 8.66. The molecule has 0 amide bonds. The Bertz CT molecular complexity index is 370. The van der Waals surface area contributed by atoms with Crippen LogP contribution in [0.15, 0.2) is 12.5 Å². The number of aliphatic carboxylic acids is 1. The molecule has 5 nitrogen and oxygen atoms in total. The predicted molar refractivity (Wildman–Crippen MR) is 51.1 cm³/mol. The number of fused-ring (bicyclic) bond motifs is 1. The first kappa shape index (κ1) is 13.4. The van der Waals surface area contributed by atoms with E-state index < -0.39 is 12.1 Å². The smallest absolute Gasteiger partial charge is 0.475 e. The summed E-state index contributed by atoms with van der Waals surface area (Å²) in [5, 5.41) is 10.4. The second-order valence-corrected chi connectivity index (χ2v) is 3.22. The summed E-state index contributed by atoms with van der Waals surface area (Å²) in [6.45, 7) is 1.97. The van der Waals surface area contributed by atoms with Gasteiger partial charge in [-0.15, -0.1) is 0 Å². The third kappa shape index (κ3) is 4.35. The quantitative estimate of drug-likeness (QED) is 0.709. The average molecular weight is 249 g/mol. The van der Waals surface area contributed by atoms with E-state index in [1.807, 2.05) is 6.20 Å². The Labute approximate surface area is 94.7 Å². The Morgan fingerprint density at radius 1 is 1.47 bits per heavy atom. The summed E-state index contributed by atoms with van der Waals surface area (Å²) in [4.78, 5) is 17.0. The molecule has 0 unspecified atom stereocenters. The van der Waals surface area contributed by atoms with E-state index in [2.05, 4.69) is 15.3 Å². The van der Waals surface area contributed by atoms with E-state index in [4.69, 9.17) is 9.90 Å². The maximum Gasteiger partial charge on any atom is 0.490 e. The van der Waals surface area contributed by atoms with E-state index in [0.717, 1.165) is 19.5 Å². The highest BCUT2D eigenvalue weighted by Gasteiger charge is 2.38. The second-order valence-electron chi connectivity index (χ2n) is 3.22. The fraction of sp³-hybridized carbons (Fsp3) is 0.444. The van der Waals surface area contributed by atoms with Crippen molar-refractivity contribution in [3.63, 3.8) is 0 Å². The first-order valence-corrected chi connectivity index (χ1v) is 4.70. The summed E-state index contributed by atoms with van der Waals surface area (Å²) in [5.74, 6) is -2.76. The molecule has 0 saturated heterocycles. The monoisotopic (exact) mass is 249 g/mol. The summed E-state index contributed by atoms with van der Waals surface area (Å²) in [6.07, 6.45) is -0.545. The van der Waals surface area contributed by atoms with Crippen LogP contribution in [0.1, 0.15) is 11.3 Å². The van der Waals surface area contributed by atoms with Crippen molar-refractivity contribution in [3.05, 3.63) is 23.8 Å². The van der Waals surface area contributed by atoms with Crippen LogP contribution in [0.5, 0.6) is 0 Å². The summed E-state index contributed by atoms with van der Waals surface area (Å²) in [7, 11) is 0. The van der Waals surface area contributed by atoms with E-state index in [0.29, 0.717) is 0 Å². The maximum absolute atomic E-state index is 10.6. The number of rotatable bonds is 0. The van der Waals surface area contributed by atoms with Crippen LogP contribution < -0.4 is 5.32 Å². The molecule has 0 fully saturated rings. The minimum absolute atomic E-state index is 0.927. The van der Waals surface area contributed by atoms with Crippen LogP contribution in [-0.2, 0) is 17.8 Å². The largest absolute Gasteiger partial charge is 0.490 e. The number of hydrogen-bond donors (Lipinski definition) is 2. The standard InChI is InChI=1S/C7H9N3.C2HF3O2/c1-2-8-3-6-4-9-5-10-7(1)6;3-2(4,5)1(6)7/h4-5,8H,1-3H2;(H,6,7). The van der Waals surface area contributed by atoms with Crippen LogP contribution >= 0.6 is 0 Å². The fourth-order valence-corrected chi connectivity index (χ4v) is 1.19. The zero-order valence-corrected chi connectivity index (χ0v) is 8.66. The number of halogens is 3. The Hall–Kier alpha value is -1.70. The van der Waals surface area contributed by atoms with Crippen molar-refractivity contribution in [3.8, 4) is 0 Å². The number of carboxylic acid groups (broad SMARTS) is 1. The van der Waals surface area contributed by atoms with E-state index in [9.17, 15) is 13.2 Å². The summed E-state index contributed by atoms with van der Waals surface area (Å²) in [6, 6.07) is 0. The van der Waals surface area contributed by atoms with Crippen molar-refractivity contribution < 1.29 is 23.1 Å². The van der Waals surface area contributed by atoms with Gasteiger partial charge < -0.3 is 10.4 Å². The lowest BCUT2D eigenvalue weighted by Gasteiger charge is -2.13. The third-order valence-corrected chi connectivity index (χ3v) is 1.98. The predicted octanol–water partition coefficient (Wildman–Crippen LogP) is 0.756. The highest BCUT2D eigenvalue weighted by molar-refractivity contribution is 5.73. The molecular weight excluding hydrogens is 239 g/mol. The number of carboxylic acids is 1. The Morgan fingerprint density at radius 2 is 2.12 bits per heavy atom. The number of nitrogens with one attached hydrogen (secondary N) is 1. The lowest BCUT2D eigenvalue weighted by Crippen LogP contribution is -2.24. The lowest BCUT2D eigenvalue weighted by atomic mass is 10.1. The van der Waals surface area contributed by atoms with Gasteiger partial charge in [0, 0.05) is 37.0 Å². The van der Waals surface area contributed by atoms with Gasteiger partial charge in [0.25, 0.3) is 0 Å². The van der Waals surface area contributed by atoms with Crippen molar-refractivity contribution in [2.45, 2.75) is 19.1 Å². The molecule has 8 heteroatoms. The molecule has 2 heterocycles. The molecule has 0 saturated carbocycles. The summed E-state index contributed by atoms with van der Waals surface area (Å²) >= 11 is 0. The molecule has 2 rings (SSSR count). The lowest BCUT2D eigenvalue weighted by molar-refractivity contribution is -0.192. The van der Waals surface area contributed by atoms with Gasteiger partial charge in [0.15, 0.2) is 0 Å². The van der Waals surface area contributed by atoms with Crippen molar-refractivity contribution >= 4 is 5.97 Å². The van der Waals surface area contributed by atoms with Gasteiger partial charge in [0.2, 0.25) is 0 Å². The van der Waals surface area contributed by atoms with E-state index in [1.165, 1.54) is 11.3 Å². The van der Waals surface area contributed by atoms with Gasteiger partial charge in [0.05, 0.1) is 0 Å². The molecule has 0 atom stereocenters. The van der Waals surface area contributed by atoms with Crippen molar-refractivity contribution in [2.24, 2.45) is 0 Å². The molecule has 0 aromatic carbocycles. The molecule has 0 radical (unpaired) electrons. The highest BCUT2D eigenvalue weighted by Crippen LogP contribution is 2.13. The fourth-order valence-electron chi connectivity index (χ4n) is 1.19. The summed E-state index contributed by atoms with van der Waals surface area (Å²) < 4.78 is 31.7. The number of hydrogen-bond acceptors (Lipinski definition) is 4. The number of carbonyl (C=O) groups is 1. The molecule has 94 valence electrons. The van der Waals surface area contributed by atoms with Gasteiger partial charge in [-0.3, -0.25) is 0 Å². The van der Waals surface area contributed by atoms with Crippen molar-refractivity contribution in [1.29, 1.82) is 0 Å². The van der Waals surface area contributed by atoms with Gasteiger partial charge in [0.1, 0.15) is 6.33 Å². The second kappa shape index (κ2) is 5.58. The molecule has 1 aliphatic rings. The molecule has 1 aromatic heterocycles. The average Bonchev–Trinajstić information content (AvgIpc) is 2.29. The van der Waals surface area contributed by atoms with Crippen LogP contribution in [0.3, 0.4) is 0 Å². The van der Waals surface area contributed by atoms with Gasteiger partial charge in [-0.2, -0.15) is 13.2 Å². The molecule has 2 N–H and O–H groups in total. The first-order valence-electron chi connectivity index (χ1n) is 4.70. The van der Waals surface area contributed by atoms with Crippen LogP contribution in [0.25, 0.3) is 0 Å². The molecule has 0 spiro atoms. The van der Waals surface area contributed by atoms with E-state index in [-0.39, 0.29) is 0 Å². The number of nitrogens with zero attached hydrogens (tertiary/aromatic N) is 2. The molecule has 1 aliphatic heterocycles. The Balaban J connectivity index is 0.000000185. The van der Waals surface area contributed by atoms with Gasteiger partial charge in [-0.05, 0) is 0 Å². The van der Waals surface area contributed by atoms with Crippen LogP contribution in [0.2, 0.25) is 0 Å². The van der Waals surface area contributed by atoms with E-state index >= 15 is 0 Å². The number of alkyl halides is 3. The number of aromatic nitrogens is 2. The Kier molecular flexibility index (Phi) is 4.38. The van der Waals surface area contributed by atoms with Gasteiger partial charge in [-0.25, -0.2) is 14.8 Å². The maximum atomic E-state index is 10.6. The van der Waals surface area contributed by atoms with Crippen molar-refractivity contribution in [2.75, 3.05) is 6.54 Å². The van der Waals surface area contributed by atoms with Crippen LogP contribution in [0.4, 0.5) is 13.2 Å². The third-order valence-electron chi connectivity index (χ3n) is 1.98. The first-order chi connectivity index (χ1) is 7.91. The van der Waals surface area contributed by atoms with E-state index in [1.54, 1.807) is 6.33 Å². The molecule has 0 bridgehead atoms. The molecular formula is C9H10F3N3O2. The highest BCUT2D eigenvalue weighted by atomic mass is 19.4. The molecule has 0 aliphatic carbocycles. The van der Waals surface area contributed by atoms with Crippen LogP contribution in [-0.4, -0.2) is 33.8 Å². The van der Waals surface area contributed by atoms with Crippen LogP contribution in [0, 0.1) is 0 Å². The topological polar surface area (TPSA) is 75.1 Å². The molecule has 1 aromatic rings.